The molecule has 0 bridgehead atoms. The van der Waals surface area contributed by atoms with Gasteiger partial charge in [-0.3, -0.25) is 0 Å². The number of hydrogen-bond acceptors (Lipinski definition) is 2. The van der Waals surface area contributed by atoms with Gasteiger partial charge in [0.25, 0.3) is 0 Å². The van der Waals surface area contributed by atoms with Gasteiger partial charge in [-0.25, -0.2) is 4.39 Å². The quantitative estimate of drug-likeness (QED) is 0.475. The molecule has 0 radical (unpaired) electrons. The average Bonchev–Trinajstić information content (AvgIpc) is 2.60. The van der Waals surface area contributed by atoms with E-state index in [0.717, 1.165) is 18.4 Å². The number of halogens is 2. The number of rotatable bonds is 10. The van der Waals surface area contributed by atoms with Crippen LogP contribution in [-0.2, 0) is 4.74 Å². The third-order valence-electron chi connectivity index (χ3n) is 3.76. The van der Waals surface area contributed by atoms with E-state index < -0.39 is 11.9 Å². The first-order valence-electron chi connectivity index (χ1n) is 8.45. The molecular formula is C20H24ClFO2. The summed E-state index contributed by atoms with van der Waals surface area (Å²) in [6.07, 6.45) is 4.20. The van der Waals surface area contributed by atoms with Gasteiger partial charge in [0.2, 0.25) is 0 Å². The van der Waals surface area contributed by atoms with Gasteiger partial charge in [-0.15, -0.1) is 0 Å². The van der Waals surface area contributed by atoms with Crippen molar-refractivity contribution in [1.82, 2.24) is 0 Å². The number of unbranched alkanes of at least 4 members (excludes halogenated alkanes) is 3. The maximum Gasteiger partial charge on any atom is 0.174 e. The Bertz CT molecular complexity index is 584. The SMILES string of the molecule is CCCCCCOCC(Oc1c(F)cccc1Cl)c1ccccc1. The Hall–Kier alpha value is -1.58. The van der Waals surface area contributed by atoms with E-state index >= 15 is 0 Å². The van der Waals surface area contributed by atoms with Crippen LogP contribution < -0.4 is 4.74 Å². The fourth-order valence-electron chi connectivity index (χ4n) is 2.42. The molecule has 2 nitrogen and oxygen atoms in total. The first-order chi connectivity index (χ1) is 11.7. The summed E-state index contributed by atoms with van der Waals surface area (Å²) in [5, 5.41) is 0.263. The number of hydrogen-bond donors (Lipinski definition) is 0. The lowest BCUT2D eigenvalue weighted by atomic mass is 10.1. The van der Waals surface area contributed by atoms with Gasteiger partial charge >= 0.3 is 0 Å². The number of ether oxygens (including phenoxy) is 2. The monoisotopic (exact) mass is 350 g/mol. The average molecular weight is 351 g/mol. The first kappa shape index (κ1) is 18.8. The summed E-state index contributed by atoms with van der Waals surface area (Å²) < 4.78 is 25.6. The van der Waals surface area contributed by atoms with Gasteiger partial charge in [-0.2, -0.15) is 0 Å². The van der Waals surface area contributed by atoms with E-state index in [1.54, 1.807) is 12.1 Å². The molecular weight excluding hydrogens is 327 g/mol. The highest BCUT2D eigenvalue weighted by atomic mass is 35.5. The molecule has 1 unspecified atom stereocenters. The van der Waals surface area contributed by atoms with Crippen molar-refractivity contribution in [3.05, 3.63) is 64.9 Å². The van der Waals surface area contributed by atoms with Gasteiger partial charge in [0, 0.05) is 6.61 Å². The van der Waals surface area contributed by atoms with Crippen LogP contribution in [0.4, 0.5) is 4.39 Å². The van der Waals surface area contributed by atoms with Crippen LogP contribution in [0.2, 0.25) is 5.02 Å². The van der Waals surface area contributed by atoms with Crippen LogP contribution >= 0.6 is 11.6 Å². The third-order valence-corrected chi connectivity index (χ3v) is 4.06. The van der Waals surface area contributed by atoms with E-state index in [2.05, 4.69) is 6.92 Å². The predicted octanol–water partition coefficient (Wildman–Crippen LogP) is 6.20. The second-order valence-corrected chi connectivity index (χ2v) is 6.11. The normalized spacial score (nSPS) is 12.1. The molecule has 0 aliphatic rings. The highest BCUT2D eigenvalue weighted by Gasteiger charge is 2.18. The molecule has 4 heteroatoms. The maximum atomic E-state index is 14.0. The van der Waals surface area contributed by atoms with Gasteiger partial charge < -0.3 is 9.47 Å². The molecule has 0 aromatic heterocycles. The molecule has 0 saturated heterocycles. The fraction of sp³-hybridized carbons (Fsp3) is 0.400. The van der Waals surface area contributed by atoms with Crippen LogP contribution in [0.1, 0.15) is 44.3 Å². The molecule has 2 aromatic rings. The molecule has 0 N–H and O–H groups in total. The van der Waals surface area contributed by atoms with E-state index in [-0.39, 0.29) is 10.8 Å². The van der Waals surface area contributed by atoms with Crippen molar-refractivity contribution in [1.29, 1.82) is 0 Å². The Kier molecular flexibility index (Phi) is 8.06. The second kappa shape index (κ2) is 10.3. The van der Waals surface area contributed by atoms with Gasteiger partial charge in [0.15, 0.2) is 11.6 Å². The summed E-state index contributed by atoms with van der Waals surface area (Å²) in [5.74, 6) is -0.394. The van der Waals surface area contributed by atoms with Gasteiger partial charge in [-0.05, 0) is 24.1 Å². The van der Waals surface area contributed by atoms with E-state index in [1.165, 1.54) is 18.9 Å². The molecule has 0 amide bonds. The van der Waals surface area contributed by atoms with Crippen LogP contribution in [0.5, 0.6) is 5.75 Å². The maximum absolute atomic E-state index is 14.0. The minimum absolute atomic E-state index is 0.0719. The molecule has 24 heavy (non-hydrogen) atoms. The summed E-state index contributed by atoms with van der Waals surface area (Å²) in [6, 6.07) is 14.2. The zero-order chi connectivity index (χ0) is 17.2. The minimum atomic E-state index is -0.466. The van der Waals surface area contributed by atoms with Gasteiger partial charge in [-0.1, -0.05) is 74.2 Å². The van der Waals surface area contributed by atoms with Crippen molar-refractivity contribution in [3.8, 4) is 5.75 Å². The van der Waals surface area contributed by atoms with E-state index in [0.29, 0.717) is 13.2 Å². The van der Waals surface area contributed by atoms with E-state index in [4.69, 9.17) is 21.1 Å². The largest absolute Gasteiger partial charge is 0.479 e. The van der Waals surface area contributed by atoms with Crippen molar-refractivity contribution in [2.45, 2.75) is 38.7 Å². The smallest absolute Gasteiger partial charge is 0.174 e. The molecule has 0 aliphatic carbocycles. The molecule has 0 heterocycles. The third kappa shape index (κ3) is 5.81. The van der Waals surface area contributed by atoms with Crippen LogP contribution in [-0.4, -0.2) is 13.2 Å². The second-order valence-electron chi connectivity index (χ2n) is 5.70. The molecule has 1 atom stereocenters. The molecule has 0 fully saturated rings. The number of benzene rings is 2. The van der Waals surface area contributed by atoms with Crippen molar-refractivity contribution >= 4 is 11.6 Å². The van der Waals surface area contributed by atoms with Crippen LogP contribution in [0.25, 0.3) is 0 Å². The lowest BCUT2D eigenvalue weighted by Gasteiger charge is -2.21. The van der Waals surface area contributed by atoms with E-state index in [9.17, 15) is 4.39 Å². The molecule has 0 aliphatic heterocycles. The van der Waals surface area contributed by atoms with Crippen molar-refractivity contribution in [3.63, 3.8) is 0 Å². The minimum Gasteiger partial charge on any atom is -0.479 e. The van der Waals surface area contributed by atoms with Gasteiger partial charge in [0.1, 0.15) is 6.10 Å². The van der Waals surface area contributed by atoms with Crippen molar-refractivity contribution in [2.24, 2.45) is 0 Å². The van der Waals surface area contributed by atoms with E-state index in [1.807, 2.05) is 30.3 Å². The van der Waals surface area contributed by atoms with Crippen LogP contribution in [0.3, 0.4) is 0 Å². The van der Waals surface area contributed by atoms with Crippen molar-refractivity contribution < 1.29 is 13.9 Å². The van der Waals surface area contributed by atoms with Crippen molar-refractivity contribution in [2.75, 3.05) is 13.2 Å². The van der Waals surface area contributed by atoms with Gasteiger partial charge in [0.05, 0.1) is 11.6 Å². The summed E-state index contributed by atoms with van der Waals surface area (Å²) in [5.41, 5.74) is 0.936. The topological polar surface area (TPSA) is 18.5 Å². The Morgan fingerprint density at radius 3 is 2.50 bits per heavy atom. The summed E-state index contributed by atoms with van der Waals surface area (Å²) in [4.78, 5) is 0. The van der Waals surface area contributed by atoms with Crippen LogP contribution in [0.15, 0.2) is 48.5 Å². The highest BCUT2D eigenvalue weighted by Crippen LogP contribution is 2.31. The summed E-state index contributed by atoms with van der Waals surface area (Å²) in [6.45, 7) is 3.22. The Labute approximate surface area is 148 Å². The number of para-hydroxylation sites is 1. The fourth-order valence-corrected chi connectivity index (χ4v) is 2.63. The molecule has 130 valence electrons. The molecule has 2 rings (SSSR count). The lowest BCUT2D eigenvalue weighted by molar-refractivity contribution is 0.0457. The molecule has 0 spiro atoms. The molecule has 2 aromatic carbocycles. The first-order valence-corrected chi connectivity index (χ1v) is 8.83. The lowest BCUT2D eigenvalue weighted by Crippen LogP contribution is -2.16. The Balaban J connectivity index is 2.01. The highest BCUT2D eigenvalue weighted by molar-refractivity contribution is 6.32. The Morgan fingerprint density at radius 2 is 1.79 bits per heavy atom. The zero-order valence-corrected chi connectivity index (χ0v) is 14.8. The Morgan fingerprint density at radius 1 is 1.00 bits per heavy atom. The molecule has 0 saturated carbocycles. The summed E-state index contributed by atoms with van der Waals surface area (Å²) >= 11 is 6.07. The zero-order valence-electron chi connectivity index (χ0n) is 14.0. The standard InChI is InChI=1S/C20H24ClFO2/c1-2-3-4-8-14-23-15-19(16-10-6-5-7-11-16)24-20-17(21)12-9-13-18(20)22/h5-7,9-13,19H,2-4,8,14-15H2,1H3. The van der Waals surface area contributed by atoms with Crippen LogP contribution in [0, 0.1) is 5.82 Å². The summed E-state index contributed by atoms with van der Waals surface area (Å²) in [7, 11) is 0. The predicted molar refractivity (Wildman–Crippen MR) is 96.2 cm³/mol.